The molecule has 2 aromatic carbocycles. The molecule has 1 aliphatic rings. The van der Waals surface area contributed by atoms with Crippen LogP contribution in [0.5, 0.6) is 0 Å². The number of thiocarbonyl (C=S) groups is 1. The number of carbonyl (C=O) groups excluding carboxylic acids is 1. The SMILES string of the molecule is COC(=O)c1cccc(-n2cccc2[C@@H]2[C@@H](c3ccccn3)NC(=S)N2c2ccc(Br)c(C)c2)c1. The largest absolute Gasteiger partial charge is 0.465 e. The standard InChI is InChI=1S/C27H23BrN4O2S/c1-17-15-20(11-12-21(17)28)32-25(24(30-27(32)35)22-9-3-4-13-29-22)23-10-6-14-31(23)19-8-5-7-18(16-19)26(33)34-2/h3-16,24-25H,1-2H3,(H,30,35)/t24-,25-/m1/s1. The molecule has 0 radical (unpaired) electrons. The van der Waals surface area contributed by atoms with Gasteiger partial charge < -0.3 is 19.5 Å². The first-order chi connectivity index (χ1) is 17.0. The smallest absolute Gasteiger partial charge is 0.337 e. The van der Waals surface area contributed by atoms with Crippen molar-refractivity contribution in [3.8, 4) is 5.69 Å². The van der Waals surface area contributed by atoms with E-state index in [-0.39, 0.29) is 18.1 Å². The van der Waals surface area contributed by atoms with Gasteiger partial charge in [-0.25, -0.2) is 4.79 Å². The monoisotopic (exact) mass is 546 g/mol. The highest BCUT2D eigenvalue weighted by atomic mass is 79.9. The van der Waals surface area contributed by atoms with Gasteiger partial charge in [0, 0.05) is 33.9 Å². The first-order valence-corrected chi connectivity index (χ1v) is 12.3. The molecule has 0 aliphatic carbocycles. The molecule has 3 heterocycles. The predicted molar refractivity (Wildman–Crippen MR) is 144 cm³/mol. The van der Waals surface area contributed by atoms with E-state index in [0.717, 1.165) is 32.8 Å². The van der Waals surface area contributed by atoms with Crippen LogP contribution in [0.3, 0.4) is 0 Å². The fraction of sp³-hybridized carbons (Fsp3) is 0.148. The number of hydrogen-bond donors (Lipinski definition) is 1. The van der Waals surface area contributed by atoms with Gasteiger partial charge in [0.1, 0.15) is 6.04 Å². The van der Waals surface area contributed by atoms with Gasteiger partial charge in [-0.2, -0.15) is 0 Å². The number of methoxy groups -OCH3 is 1. The lowest BCUT2D eigenvalue weighted by Crippen LogP contribution is -2.30. The lowest BCUT2D eigenvalue weighted by molar-refractivity contribution is 0.0600. The summed E-state index contributed by atoms with van der Waals surface area (Å²) in [5.74, 6) is -0.373. The summed E-state index contributed by atoms with van der Waals surface area (Å²) in [5.41, 5.74) is 5.36. The molecule has 176 valence electrons. The van der Waals surface area contributed by atoms with E-state index in [2.05, 4.69) is 60.8 Å². The average molecular weight is 547 g/mol. The van der Waals surface area contributed by atoms with Crippen molar-refractivity contribution in [2.45, 2.75) is 19.0 Å². The maximum absolute atomic E-state index is 12.2. The van der Waals surface area contributed by atoms with Crippen LogP contribution in [0.2, 0.25) is 0 Å². The molecular formula is C27H23BrN4O2S. The number of esters is 1. The molecule has 1 N–H and O–H groups in total. The average Bonchev–Trinajstić information content (AvgIpc) is 3.50. The van der Waals surface area contributed by atoms with Gasteiger partial charge in [-0.05, 0) is 85.4 Å². The lowest BCUT2D eigenvalue weighted by atomic mass is 10.0. The second-order valence-electron chi connectivity index (χ2n) is 8.28. The van der Waals surface area contributed by atoms with Crippen molar-refractivity contribution < 1.29 is 9.53 Å². The summed E-state index contributed by atoms with van der Waals surface area (Å²) in [6, 6.07) is 23.3. The van der Waals surface area contributed by atoms with Crippen molar-refractivity contribution in [1.29, 1.82) is 0 Å². The van der Waals surface area contributed by atoms with Crippen molar-refractivity contribution in [2.75, 3.05) is 12.0 Å². The highest BCUT2D eigenvalue weighted by Gasteiger charge is 2.42. The van der Waals surface area contributed by atoms with Gasteiger partial charge >= 0.3 is 5.97 Å². The molecule has 6 nitrogen and oxygen atoms in total. The van der Waals surface area contributed by atoms with E-state index in [9.17, 15) is 4.79 Å². The second-order valence-corrected chi connectivity index (χ2v) is 9.52. The summed E-state index contributed by atoms with van der Waals surface area (Å²) in [6.07, 6.45) is 3.79. The number of halogens is 1. The molecular weight excluding hydrogens is 524 g/mol. The van der Waals surface area contributed by atoms with E-state index in [4.69, 9.17) is 17.0 Å². The Kier molecular flexibility index (Phi) is 6.40. The lowest BCUT2D eigenvalue weighted by Gasteiger charge is -2.29. The number of aromatic nitrogens is 2. The first kappa shape index (κ1) is 23.3. The number of rotatable bonds is 5. The number of ether oxygens (including phenoxy) is 1. The number of aryl methyl sites for hydroxylation is 1. The summed E-state index contributed by atoms with van der Waals surface area (Å²) in [6.45, 7) is 2.06. The van der Waals surface area contributed by atoms with Crippen LogP contribution in [-0.2, 0) is 4.74 Å². The van der Waals surface area contributed by atoms with Gasteiger partial charge in [-0.3, -0.25) is 4.98 Å². The van der Waals surface area contributed by atoms with Gasteiger partial charge in [0.15, 0.2) is 5.11 Å². The topological polar surface area (TPSA) is 59.4 Å². The number of benzene rings is 2. The maximum Gasteiger partial charge on any atom is 0.337 e. The number of anilines is 1. The molecule has 1 saturated heterocycles. The van der Waals surface area contributed by atoms with E-state index in [1.54, 1.807) is 12.3 Å². The highest BCUT2D eigenvalue weighted by molar-refractivity contribution is 9.10. The molecule has 0 amide bonds. The number of pyridine rings is 1. The Labute approximate surface area is 217 Å². The van der Waals surface area contributed by atoms with Gasteiger partial charge in [0.05, 0.1) is 24.4 Å². The van der Waals surface area contributed by atoms with Gasteiger partial charge in [0.2, 0.25) is 0 Å². The zero-order valence-electron chi connectivity index (χ0n) is 19.2. The summed E-state index contributed by atoms with van der Waals surface area (Å²) in [7, 11) is 1.39. The summed E-state index contributed by atoms with van der Waals surface area (Å²) < 4.78 is 8.05. The quantitative estimate of drug-likeness (QED) is 0.248. The third-order valence-corrected chi connectivity index (χ3v) is 7.35. The highest BCUT2D eigenvalue weighted by Crippen LogP contribution is 2.42. The number of nitrogens with one attached hydrogen (secondary N) is 1. The van der Waals surface area contributed by atoms with Crippen LogP contribution >= 0.6 is 28.1 Å². The molecule has 35 heavy (non-hydrogen) atoms. The molecule has 0 saturated carbocycles. The number of nitrogens with zero attached hydrogens (tertiary/aromatic N) is 3. The van der Waals surface area contributed by atoms with E-state index in [1.807, 2.05) is 54.7 Å². The summed E-state index contributed by atoms with van der Waals surface area (Å²) in [5, 5.41) is 4.13. The molecule has 0 spiro atoms. The fourth-order valence-electron chi connectivity index (χ4n) is 4.48. The number of hydrogen-bond acceptors (Lipinski definition) is 4. The van der Waals surface area contributed by atoms with Crippen LogP contribution in [0.15, 0.2) is 89.7 Å². The summed E-state index contributed by atoms with van der Waals surface area (Å²) in [4.78, 5) is 19.0. The van der Waals surface area contributed by atoms with Crippen LogP contribution < -0.4 is 10.2 Å². The normalized spacial score (nSPS) is 17.3. The molecule has 0 unspecified atom stereocenters. The molecule has 5 rings (SSSR count). The predicted octanol–water partition coefficient (Wildman–Crippen LogP) is 5.91. The zero-order valence-corrected chi connectivity index (χ0v) is 21.6. The van der Waals surface area contributed by atoms with Crippen molar-refractivity contribution >= 4 is 44.9 Å². The molecule has 8 heteroatoms. The van der Waals surface area contributed by atoms with E-state index < -0.39 is 0 Å². The number of carbonyl (C=O) groups is 1. The van der Waals surface area contributed by atoms with Crippen molar-refractivity contribution in [2.24, 2.45) is 0 Å². The Hall–Kier alpha value is -3.49. The molecule has 2 atom stereocenters. The van der Waals surface area contributed by atoms with E-state index >= 15 is 0 Å². The Balaban J connectivity index is 1.66. The second kappa shape index (κ2) is 9.64. The minimum absolute atomic E-state index is 0.176. The Bertz CT molecular complexity index is 1410. The fourth-order valence-corrected chi connectivity index (χ4v) is 5.08. The molecule has 4 aromatic rings. The molecule has 1 aliphatic heterocycles. The maximum atomic E-state index is 12.2. The van der Waals surface area contributed by atoms with Gasteiger partial charge in [-0.1, -0.05) is 28.1 Å². The van der Waals surface area contributed by atoms with E-state index in [1.165, 1.54) is 7.11 Å². The van der Waals surface area contributed by atoms with Gasteiger partial charge in [0.25, 0.3) is 0 Å². The van der Waals surface area contributed by atoms with Crippen LogP contribution in [0.25, 0.3) is 5.69 Å². The zero-order chi connectivity index (χ0) is 24.5. The first-order valence-electron chi connectivity index (χ1n) is 11.1. The Morgan fingerprint density at radius 3 is 2.66 bits per heavy atom. The van der Waals surface area contributed by atoms with Crippen molar-refractivity contribution in [3.05, 3.63) is 112 Å². The minimum atomic E-state index is -0.373. The van der Waals surface area contributed by atoms with Crippen LogP contribution in [0, 0.1) is 6.92 Å². The minimum Gasteiger partial charge on any atom is -0.465 e. The molecule has 1 fully saturated rings. The van der Waals surface area contributed by atoms with Crippen LogP contribution in [-0.4, -0.2) is 27.7 Å². The third kappa shape index (κ3) is 4.35. The van der Waals surface area contributed by atoms with Crippen molar-refractivity contribution in [3.63, 3.8) is 0 Å². The molecule has 0 bridgehead atoms. The Morgan fingerprint density at radius 2 is 1.91 bits per heavy atom. The van der Waals surface area contributed by atoms with E-state index in [0.29, 0.717) is 10.7 Å². The van der Waals surface area contributed by atoms with Crippen LogP contribution in [0.4, 0.5) is 5.69 Å². The van der Waals surface area contributed by atoms with Gasteiger partial charge in [-0.15, -0.1) is 0 Å². The Morgan fingerprint density at radius 1 is 1.06 bits per heavy atom. The third-order valence-electron chi connectivity index (χ3n) is 6.15. The summed E-state index contributed by atoms with van der Waals surface area (Å²) >= 11 is 9.47. The van der Waals surface area contributed by atoms with Crippen LogP contribution in [0.1, 0.15) is 39.4 Å². The van der Waals surface area contributed by atoms with Crippen molar-refractivity contribution in [1.82, 2.24) is 14.9 Å². The molecule has 2 aromatic heterocycles.